The number of carboxylic acid groups (broad SMARTS) is 1. The zero-order valence-electron chi connectivity index (χ0n) is 16.7. The van der Waals surface area contributed by atoms with E-state index >= 15 is 0 Å². The van der Waals surface area contributed by atoms with Crippen LogP contribution < -0.4 is 11.1 Å². The van der Waals surface area contributed by atoms with Crippen molar-refractivity contribution in [3.8, 4) is 11.3 Å². The molecule has 2 heterocycles. The predicted octanol–water partition coefficient (Wildman–Crippen LogP) is 4.61. The molecule has 4 rings (SSSR count). The minimum Gasteiger partial charge on any atom is -0.481 e. The molecule has 1 fully saturated rings. The summed E-state index contributed by atoms with van der Waals surface area (Å²) in [6.07, 6.45) is 6.03. The lowest BCUT2D eigenvalue weighted by molar-refractivity contribution is -0.138. The molecule has 0 atom stereocenters. The Morgan fingerprint density at radius 2 is 1.77 bits per heavy atom. The minimum atomic E-state index is -0.685. The fourth-order valence-corrected chi connectivity index (χ4v) is 4.05. The average molecular weight is 403 g/mol. The van der Waals surface area contributed by atoms with Crippen molar-refractivity contribution in [1.29, 1.82) is 0 Å². The fourth-order valence-electron chi connectivity index (χ4n) is 4.05. The van der Waals surface area contributed by atoms with Crippen LogP contribution in [0.15, 0.2) is 54.7 Å². The molecule has 2 aromatic heterocycles. The number of carbonyl (C=O) groups is 1. The molecule has 0 radical (unpaired) electrons. The molecule has 1 saturated carbocycles. The van der Waals surface area contributed by atoms with E-state index in [1.165, 1.54) is 5.56 Å². The van der Waals surface area contributed by atoms with Crippen LogP contribution in [0.25, 0.3) is 11.3 Å². The van der Waals surface area contributed by atoms with Gasteiger partial charge in [-0.05, 0) is 67.3 Å². The summed E-state index contributed by atoms with van der Waals surface area (Å²) >= 11 is 0. The number of rotatable bonds is 6. The van der Waals surface area contributed by atoms with Crippen LogP contribution in [0.3, 0.4) is 0 Å². The molecule has 30 heavy (non-hydrogen) atoms. The highest BCUT2D eigenvalue weighted by molar-refractivity contribution is 5.67. The van der Waals surface area contributed by atoms with Gasteiger partial charge in [0, 0.05) is 12.0 Å². The summed E-state index contributed by atoms with van der Waals surface area (Å²) in [6.45, 7) is 0. The van der Waals surface area contributed by atoms with Gasteiger partial charge in [-0.3, -0.25) is 4.79 Å². The SMILES string of the molecule is Nc1ccc(Nc2ccc(-c3ccc(C4CCC(CC(=O)O)CC4)cc3)nn2)cn1. The van der Waals surface area contributed by atoms with Crippen LogP contribution in [-0.2, 0) is 4.79 Å². The number of nitrogens with two attached hydrogens (primary N) is 1. The number of pyridine rings is 1. The first-order valence-electron chi connectivity index (χ1n) is 10.2. The second-order valence-electron chi connectivity index (χ2n) is 7.84. The van der Waals surface area contributed by atoms with E-state index in [0.29, 0.717) is 29.9 Å². The molecule has 4 N–H and O–H groups in total. The van der Waals surface area contributed by atoms with Gasteiger partial charge in [-0.25, -0.2) is 4.98 Å². The third-order valence-electron chi connectivity index (χ3n) is 5.71. The van der Waals surface area contributed by atoms with Gasteiger partial charge < -0.3 is 16.2 Å². The first-order chi connectivity index (χ1) is 14.6. The van der Waals surface area contributed by atoms with Crippen molar-refractivity contribution in [2.75, 3.05) is 11.1 Å². The summed E-state index contributed by atoms with van der Waals surface area (Å²) in [5.41, 5.74) is 9.54. The number of nitrogens with one attached hydrogen (secondary N) is 1. The van der Waals surface area contributed by atoms with Crippen LogP contribution in [0.5, 0.6) is 0 Å². The van der Waals surface area contributed by atoms with Gasteiger partial charge in [0.05, 0.1) is 17.6 Å². The quantitative estimate of drug-likeness (QED) is 0.550. The molecule has 154 valence electrons. The monoisotopic (exact) mass is 403 g/mol. The fraction of sp³-hybridized carbons (Fsp3) is 0.304. The van der Waals surface area contributed by atoms with Gasteiger partial charge in [0.15, 0.2) is 5.82 Å². The molecular formula is C23H25N5O2. The van der Waals surface area contributed by atoms with Crippen molar-refractivity contribution >= 4 is 23.3 Å². The number of nitrogens with zero attached hydrogens (tertiary/aromatic N) is 3. The highest BCUT2D eigenvalue weighted by Gasteiger charge is 2.23. The van der Waals surface area contributed by atoms with Gasteiger partial charge in [-0.15, -0.1) is 10.2 Å². The predicted molar refractivity (Wildman–Crippen MR) is 116 cm³/mol. The lowest BCUT2D eigenvalue weighted by Crippen LogP contribution is -2.16. The van der Waals surface area contributed by atoms with E-state index in [1.54, 1.807) is 12.3 Å². The second kappa shape index (κ2) is 8.90. The topological polar surface area (TPSA) is 114 Å². The zero-order valence-corrected chi connectivity index (χ0v) is 16.7. The van der Waals surface area contributed by atoms with E-state index in [-0.39, 0.29) is 0 Å². The van der Waals surface area contributed by atoms with E-state index in [9.17, 15) is 4.79 Å². The molecule has 7 nitrogen and oxygen atoms in total. The molecule has 7 heteroatoms. The van der Waals surface area contributed by atoms with E-state index in [1.807, 2.05) is 18.2 Å². The lowest BCUT2D eigenvalue weighted by atomic mass is 9.77. The molecule has 1 aromatic carbocycles. The maximum absolute atomic E-state index is 10.9. The lowest BCUT2D eigenvalue weighted by Gasteiger charge is -2.28. The Kier molecular flexibility index (Phi) is 5.88. The largest absolute Gasteiger partial charge is 0.481 e. The number of aromatic nitrogens is 3. The van der Waals surface area contributed by atoms with Crippen molar-refractivity contribution in [3.05, 3.63) is 60.3 Å². The normalized spacial score (nSPS) is 18.7. The number of anilines is 3. The average Bonchev–Trinajstić information content (AvgIpc) is 2.76. The first kappa shape index (κ1) is 19.8. The van der Waals surface area contributed by atoms with Gasteiger partial charge >= 0.3 is 5.97 Å². The third kappa shape index (κ3) is 4.92. The summed E-state index contributed by atoms with van der Waals surface area (Å²) in [5, 5.41) is 20.7. The van der Waals surface area contributed by atoms with Crippen molar-refractivity contribution in [3.63, 3.8) is 0 Å². The van der Waals surface area contributed by atoms with Gasteiger partial charge in [-0.1, -0.05) is 24.3 Å². The molecule has 0 bridgehead atoms. The number of hydrogen-bond donors (Lipinski definition) is 3. The van der Waals surface area contributed by atoms with Crippen LogP contribution in [0.2, 0.25) is 0 Å². The highest BCUT2D eigenvalue weighted by Crippen LogP contribution is 2.37. The Balaban J connectivity index is 1.37. The van der Waals surface area contributed by atoms with E-state index in [4.69, 9.17) is 10.8 Å². The molecule has 0 unspecified atom stereocenters. The summed E-state index contributed by atoms with van der Waals surface area (Å²) < 4.78 is 0. The standard InChI is InChI=1S/C23H25N5O2/c24-21-11-9-19(14-25-21)26-22-12-10-20(27-28-22)18-7-5-17(6-8-18)16-3-1-15(2-4-16)13-23(29)30/h5-12,14-16H,1-4,13H2,(H2,24,25)(H,26,28)(H,29,30). The van der Waals surface area contributed by atoms with E-state index in [0.717, 1.165) is 42.6 Å². The Morgan fingerprint density at radius 1 is 1.00 bits per heavy atom. The number of nitrogen functional groups attached to an aromatic ring is 1. The number of hydrogen-bond acceptors (Lipinski definition) is 6. The third-order valence-corrected chi connectivity index (χ3v) is 5.71. The highest BCUT2D eigenvalue weighted by atomic mass is 16.4. The summed E-state index contributed by atoms with van der Waals surface area (Å²) in [6, 6.07) is 15.9. The maximum Gasteiger partial charge on any atom is 0.303 e. The zero-order chi connectivity index (χ0) is 20.9. The molecule has 1 aliphatic carbocycles. The van der Waals surface area contributed by atoms with Gasteiger partial charge in [0.1, 0.15) is 5.82 Å². The molecule has 0 aliphatic heterocycles. The van der Waals surface area contributed by atoms with Crippen LogP contribution in [0.1, 0.15) is 43.6 Å². The maximum atomic E-state index is 10.9. The number of aliphatic carboxylic acids is 1. The van der Waals surface area contributed by atoms with Crippen LogP contribution in [-0.4, -0.2) is 26.3 Å². The Bertz CT molecular complexity index is 980. The molecule has 0 spiro atoms. The van der Waals surface area contributed by atoms with Crippen LogP contribution in [0.4, 0.5) is 17.3 Å². The number of carboxylic acids is 1. The van der Waals surface area contributed by atoms with Crippen molar-refractivity contribution in [2.45, 2.75) is 38.0 Å². The van der Waals surface area contributed by atoms with E-state index in [2.05, 4.69) is 44.8 Å². The van der Waals surface area contributed by atoms with Crippen LogP contribution in [0, 0.1) is 5.92 Å². The van der Waals surface area contributed by atoms with Gasteiger partial charge in [0.2, 0.25) is 0 Å². The summed E-state index contributed by atoms with van der Waals surface area (Å²) in [7, 11) is 0. The van der Waals surface area contributed by atoms with Crippen molar-refractivity contribution < 1.29 is 9.90 Å². The van der Waals surface area contributed by atoms with Gasteiger partial charge in [0.25, 0.3) is 0 Å². The molecule has 0 saturated heterocycles. The molecule has 1 aliphatic rings. The first-order valence-corrected chi connectivity index (χ1v) is 10.2. The Labute approximate surface area is 175 Å². The van der Waals surface area contributed by atoms with Crippen molar-refractivity contribution in [1.82, 2.24) is 15.2 Å². The minimum absolute atomic E-state index is 0.296. The van der Waals surface area contributed by atoms with Crippen molar-refractivity contribution in [2.24, 2.45) is 5.92 Å². The van der Waals surface area contributed by atoms with E-state index < -0.39 is 5.97 Å². The van der Waals surface area contributed by atoms with Crippen LogP contribution >= 0.6 is 0 Å². The Morgan fingerprint density at radius 3 is 2.37 bits per heavy atom. The molecular weight excluding hydrogens is 378 g/mol. The van der Waals surface area contributed by atoms with Gasteiger partial charge in [-0.2, -0.15) is 0 Å². The number of benzene rings is 1. The second-order valence-corrected chi connectivity index (χ2v) is 7.84. The smallest absolute Gasteiger partial charge is 0.303 e. The Hall–Kier alpha value is -3.48. The molecule has 3 aromatic rings. The summed E-state index contributed by atoms with van der Waals surface area (Å²) in [4.78, 5) is 14.9. The summed E-state index contributed by atoms with van der Waals surface area (Å²) in [5.74, 6) is 1.26. The molecule has 0 amide bonds.